The number of ether oxygens (including phenoxy) is 3. The van der Waals surface area contributed by atoms with Gasteiger partial charge in [0.15, 0.2) is 0 Å². The largest absolute Gasteiger partial charge is 0.465 e. The van der Waals surface area contributed by atoms with Crippen LogP contribution in [-0.4, -0.2) is 61.3 Å². The van der Waals surface area contributed by atoms with Crippen LogP contribution in [0.2, 0.25) is 0 Å². The van der Waals surface area contributed by atoms with Crippen molar-refractivity contribution in [2.75, 3.05) is 45.1 Å². The number of methoxy groups -OCH3 is 3. The highest BCUT2D eigenvalue weighted by molar-refractivity contribution is 5.97. The van der Waals surface area contributed by atoms with Gasteiger partial charge in [-0.1, -0.05) is 0 Å². The molecule has 0 spiro atoms. The van der Waals surface area contributed by atoms with Gasteiger partial charge in [-0.15, -0.1) is 0 Å². The number of nitro groups is 1. The Morgan fingerprint density at radius 1 is 1.03 bits per heavy atom. The van der Waals surface area contributed by atoms with Gasteiger partial charge in [0.1, 0.15) is 6.33 Å². The average Bonchev–Trinajstić information content (AvgIpc) is 2.75. The number of esters is 2. The van der Waals surface area contributed by atoms with E-state index in [9.17, 15) is 19.7 Å². The van der Waals surface area contributed by atoms with Crippen LogP contribution in [0.4, 0.5) is 23.0 Å². The molecule has 0 amide bonds. The molecule has 2 rings (SSSR count). The van der Waals surface area contributed by atoms with Gasteiger partial charge in [0.05, 0.1) is 30.3 Å². The van der Waals surface area contributed by atoms with E-state index < -0.39 is 22.5 Å². The molecule has 0 atom stereocenters. The number of anilines is 3. The molecule has 0 fully saturated rings. The molecule has 0 aliphatic heterocycles. The van der Waals surface area contributed by atoms with Crippen molar-refractivity contribution in [2.45, 2.75) is 6.42 Å². The van der Waals surface area contributed by atoms with Crippen molar-refractivity contribution in [1.82, 2.24) is 9.97 Å². The number of benzene rings is 1. The Labute approximate surface area is 171 Å². The summed E-state index contributed by atoms with van der Waals surface area (Å²) in [5.74, 6) is -1.49. The molecule has 0 saturated heterocycles. The van der Waals surface area contributed by atoms with Crippen molar-refractivity contribution in [3.8, 4) is 0 Å². The van der Waals surface area contributed by atoms with Gasteiger partial charge >= 0.3 is 17.6 Å². The molecule has 12 heteroatoms. The zero-order chi connectivity index (χ0) is 22.1. The molecule has 2 N–H and O–H groups in total. The first kappa shape index (κ1) is 22.5. The van der Waals surface area contributed by atoms with Gasteiger partial charge in [-0.2, -0.15) is 0 Å². The van der Waals surface area contributed by atoms with Crippen LogP contribution < -0.4 is 10.6 Å². The van der Waals surface area contributed by atoms with Crippen molar-refractivity contribution in [3.63, 3.8) is 0 Å². The lowest BCUT2D eigenvalue weighted by Crippen LogP contribution is -2.11. The van der Waals surface area contributed by atoms with E-state index in [0.717, 1.165) is 6.33 Å². The van der Waals surface area contributed by atoms with Crippen LogP contribution in [0.15, 0.2) is 24.5 Å². The summed E-state index contributed by atoms with van der Waals surface area (Å²) in [7, 11) is 3.94. The van der Waals surface area contributed by atoms with Crippen LogP contribution in [-0.2, 0) is 14.2 Å². The van der Waals surface area contributed by atoms with Crippen LogP contribution in [0.5, 0.6) is 0 Å². The topological polar surface area (TPSA) is 155 Å². The molecule has 0 aliphatic rings. The summed E-state index contributed by atoms with van der Waals surface area (Å²) in [6.45, 7) is 0.878. The van der Waals surface area contributed by atoms with Crippen LogP contribution in [0.3, 0.4) is 0 Å². The molecular formula is C18H21N5O7. The molecule has 1 aromatic carbocycles. The monoisotopic (exact) mass is 419 g/mol. The Bertz CT molecular complexity index is 901. The highest BCUT2D eigenvalue weighted by Crippen LogP contribution is 2.31. The predicted molar refractivity (Wildman–Crippen MR) is 106 cm³/mol. The van der Waals surface area contributed by atoms with E-state index in [1.807, 2.05) is 0 Å². The average molecular weight is 419 g/mol. The summed E-state index contributed by atoms with van der Waals surface area (Å²) >= 11 is 0. The van der Waals surface area contributed by atoms with Crippen molar-refractivity contribution < 1.29 is 28.7 Å². The van der Waals surface area contributed by atoms with Gasteiger partial charge in [0, 0.05) is 25.9 Å². The second-order valence-electron chi connectivity index (χ2n) is 5.86. The molecular weight excluding hydrogens is 398 g/mol. The maximum atomic E-state index is 11.9. The van der Waals surface area contributed by atoms with Gasteiger partial charge < -0.3 is 24.8 Å². The third-order valence-electron chi connectivity index (χ3n) is 3.86. The summed E-state index contributed by atoms with van der Waals surface area (Å²) < 4.78 is 14.3. The van der Waals surface area contributed by atoms with Gasteiger partial charge in [-0.25, -0.2) is 19.6 Å². The first-order chi connectivity index (χ1) is 14.4. The fourth-order valence-corrected chi connectivity index (χ4v) is 2.50. The first-order valence-corrected chi connectivity index (χ1v) is 8.72. The molecule has 160 valence electrons. The van der Waals surface area contributed by atoms with Gasteiger partial charge in [-0.05, 0) is 24.6 Å². The number of nitrogens with zero attached hydrogens (tertiary/aromatic N) is 3. The number of aromatic nitrogens is 2. The molecule has 0 radical (unpaired) electrons. The molecule has 30 heavy (non-hydrogen) atoms. The predicted octanol–water partition coefficient (Wildman–Crippen LogP) is 2.15. The lowest BCUT2D eigenvalue weighted by molar-refractivity contribution is -0.383. The number of rotatable bonds is 10. The Hall–Kier alpha value is -3.80. The minimum absolute atomic E-state index is 0.0194. The number of carbonyl (C=O) groups excluding carboxylic acids is 2. The summed E-state index contributed by atoms with van der Waals surface area (Å²) in [5, 5.41) is 17.3. The molecule has 12 nitrogen and oxygen atoms in total. The zero-order valence-electron chi connectivity index (χ0n) is 16.6. The third-order valence-corrected chi connectivity index (χ3v) is 3.86. The molecule has 0 unspecified atom stereocenters. The zero-order valence-corrected chi connectivity index (χ0v) is 16.6. The van der Waals surface area contributed by atoms with Crippen molar-refractivity contribution in [2.24, 2.45) is 0 Å². The fourth-order valence-electron chi connectivity index (χ4n) is 2.50. The highest BCUT2D eigenvalue weighted by Gasteiger charge is 2.24. The number of nitrogens with one attached hydrogen (secondary N) is 2. The quantitative estimate of drug-likeness (QED) is 0.252. The van der Waals surface area contributed by atoms with Crippen LogP contribution >= 0.6 is 0 Å². The van der Waals surface area contributed by atoms with Crippen LogP contribution in [0.25, 0.3) is 0 Å². The van der Waals surface area contributed by atoms with Gasteiger partial charge in [0.2, 0.25) is 11.6 Å². The van der Waals surface area contributed by atoms with E-state index in [0.29, 0.717) is 19.6 Å². The molecule has 1 heterocycles. The summed E-state index contributed by atoms with van der Waals surface area (Å²) in [4.78, 5) is 42.7. The van der Waals surface area contributed by atoms with Crippen molar-refractivity contribution in [3.05, 3.63) is 45.8 Å². The SMILES string of the molecule is COCCCNc1ncnc(Nc2cc(C(=O)OC)cc(C(=O)OC)c2)c1[N+](=O)[O-]. The highest BCUT2D eigenvalue weighted by atomic mass is 16.6. The van der Waals surface area contributed by atoms with E-state index in [1.165, 1.54) is 32.4 Å². The number of hydrogen-bond acceptors (Lipinski definition) is 11. The van der Waals surface area contributed by atoms with Crippen LogP contribution in [0, 0.1) is 10.1 Å². The summed E-state index contributed by atoms with van der Waals surface area (Å²) in [5.41, 5.74) is -0.0847. The van der Waals surface area contributed by atoms with E-state index in [2.05, 4.69) is 30.1 Å². The van der Waals surface area contributed by atoms with Gasteiger partial charge in [0.25, 0.3) is 0 Å². The molecule has 1 aromatic heterocycles. The number of carbonyl (C=O) groups is 2. The smallest absolute Gasteiger partial charge is 0.353 e. The minimum Gasteiger partial charge on any atom is -0.465 e. The van der Waals surface area contributed by atoms with E-state index in [1.54, 1.807) is 7.11 Å². The second-order valence-corrected chi connectivity index (χ2v) is 5.86. The van der Waals surface area contributed by atoms with Crippen molar-refractivity contribution >= 4 is 34.9 Å². The van der Waals surface area contributed by atoms with E-state index in [-0.39, 0.29) is 28.5 Å². The normalized spacial score (nSPS) is 10.2. The van der Waals surface area contributed by atoms with Crippen LogP contribution in [0.1, 0.15) is 27.1 Å². The Morgan fingerprint density at radius 2 is 1.63 bits per heavy atom. The Morgan fingerprint density at radius 3 is 2.17 bits per heavy atom. The molecule has 0 bridgehead atoms. The maximum Gasteiger partial charge on any atom is 0.353 e. The Kier molecular flexibility index (Phi) is 7.99. The first-order valence-electron chi connectivity index (χ1n) is 8.72. The molecule has 0 aliphatic carbocycles. The summed E-state index contributed by atoms with van der Waals surface area (Å²) in [6.07, 6.45) is 1.77. The Balaban J connectivity index is 2.42. The maximum absolute atomic E-state index is 11.9. The van der Waals surface area contributed by atoms with Gasteiger partial charge in [-0.3, -0.25) is 10.1 Å². The summed E-state index contributed by atoms with van der Waals surface area (Å²) in [6, 6.07) is 4.03. The lowest BCUT2D eigenvalue weighted by Gasteiger charge is -2.12. The minimum atomic E-state index is -0.693. The molecule has 0 saturated carbocycles. The fraction of sp³-hybridized carbons (Fsp3) is 0.333. The van der Waals surface area contributed by atoms with Crippen molar-refractivity contribution in [1.29, 1.82) is 0 Å². The van der Waals surface area contributed by atoms with E-state index >= 15 is 0 Å². The van der Waals surface area contributed by atoms with E-state index in [4.69, 9.17) is 4.74 Å². The lowest BCUT2D eigenvalue weighted by atomic mass is 10.1. The third kappa shape index (κ3) is 5.61. The second kappa shape index (κ2) is 10.7. The standard InChI is InChI=1S/C18H21N5O7/c1-28-6-4-5-19-15-14(23(26)27)16(21-10-20-15)22-13-8-11(17(24)29-2)7-12(9-13)18(25)30-3/h7-10H,4-6H2,1-3H3,(H2,19,20,21,22). The number of hydrogen-bond donors (Lipinski definition) is 2. The molecule has 2 aromatic rings.